The Labute approximate surface area is 118 Å². The van der Waals surface area contributed by atoms with E-state index in [9.17, 15) is 0 Å². The molecule has 0 aliphatic carbocycles. The van der Waals surface area contributed by atoms with Crippen LogP contribution in [0.4, 0.5) is 5.69 Å². The number of fused-ring (bicyclic) bond motifs is 3. The largest absolute Gasteiger partial charge is 0.365 e. The minimum absolute atomic E-state index is 0.934. The Hall–Kier alpha value is -2.29. The lowest BCUT2D eigenvalue weighted by molar-refractivity contribution is 0.702. The highest BCUT2D eigenvalue weighted by molar-refractivity contribution is 5.51. The van der Waals surface area contributed by atoms with Crippen LogP contribution in [-0.4, -0.2) is 15.9 Å². The number of imidazole rings is 1. The van der Waals surface area contributed by atoms with Crippen LogP contribution in [0.1, 0.15) is 17.0 Å². The van der Waals surface area contributed by atoms with Gasteiger partial charge in [0.1, 0.15) is 5.65 Å². The zero-order valence-corrected chi connectivity index (χ0v) is 11.6. The Morgan fingerprint density at radius 1 is 1.05 bits per heavy atom. The second-order valence-electron chi connectivity index (χ2n) is 5.45. The van der Waals surface area contributed by atoms with Crippen LogP contribution >= 0.6 is 0 Å². The van der Waals surface area contributed by atoms with Gasteiger partial charge in [-0.2, -0.15) is 0 Å². The first kappa shape index (κ1) is 11.5. The molecule has 2 aromatic heterocycles. The summed E-state index contributed by atoms with van der Waals surface area (Å²) in [7, 11) is 0. The first-order valence-electron chi connectivity index (χ1n) is 7.08. The third-order valence-corrected chi connectivity index (χ3v) is 4.03. The second-order valence-corrected chi connectivity index (χ2v) is 5.45. The lowest BCUT2D eigenvalue weighted by Crippen LogP contribution is -2.30. The number of nitrogens with zero attached hydrogens (tertiary/aromatic N) is 3. The predicted molar refractivity (Wildman–Crippen MR) is 81.1 cm³/mol. The van der Waals surface area contributed by atoms with Crippen molar-refractivity contribution >= 4 is 11.3 Å². The molecule has 1 aliphatic rings. The molecule has 3 aromatic rings. The molecular formula is C17H17N3. The molecule has 0 saturated carbocycles. The monoisotopic (exact) mass is 263 g/mol. The van der Waals surface area contributed by atoms with Gasteiger partial charge in [0, 0.05) is 24.8 Å². The van der Waals surface area contributed by atoms with Gasteiger partial charge in [0.25, 0.3) is 0 Å². The first-order chi connectivity index (χ1) is 9.81. The normalized spacial score (nSPS) is 14.6. The van der Waals surface area contributed by atoms with Gasteiger partial charge < -0.3 is 9.30 Å². The van der Waals surface area contributed by atoms with Crippen LogP contribution in [0.25, 0.3) is 5.65 Å². The minimum atomic E-state index is 0.934. The Balaban J connectivity index is 1.78. The fourth-order valence-electron chi connectivity index (χ4n) is 2.98. The molecule has 3 heteroatoms. The number of pyridine rings is 1. The van der Waals surface area contributed by atoms with Gasteiger partial charge in [-0.1, -0.05) is 24.3 Å². The summed E-state index contributed by atoms with van der Waals surface area (Å²) in [5.74, 6) is 0. The molecule has 1 aliphatic heterocycles. The van der Waals surface area contributed by atoms with Crippen LogP contribution in [0.2, 0.25) is 0 Å². The smallest absolute Gasteiger partial charge is 0.137 e. The number of rotatable bonds is 1. The summed E-state index contributed by atoms with van der Waals surface area (Å²) in [6, 6.07) is 14.9. The molecule has 0 unspecified atom stereocenters. The van der Waals surface area contributed by atoms with E-state index in [0.29, 0.717) is 0 Å². The van der Waals surface area contributed by atoms with Crippen LogP contribution < -0.4 is 4.90 Å². The first-order valence-corrected chi connectivity index (χ1v) is 7.08. The molecule has 0 fully saturated rings. The maximum atomic E-state index is 4.76. The number of hydrogen-bond donors (Lipinski definition) is 0. The number of anilines is 1. The number of benzene rings is 1. The summed E-state index contributed by atoms with van der Waals surface area (Å²) in [6.07, 6.45) is 3.21. The highest BCUT2D eigenvalue weighted by atomic mass is 15.2. The molecule has 3 heterocycles. The lowest BCUT2D eigenvalue weighted by Gasteiger charge is -2.28. The maximum absolute atomic E-state index is 4.76. The van der Waals surface area contributed by atoms with Gasteiger partial charge in [0.15, 0.2) is 0 Å². The Kier molecular flexibility index (Phi) is 2.52. The third kappa shape index (κ3) is 1.78. The van der Waals surface area contributed by atoms with Crippen molar-refractivity contribution in [3.05, 3.63) is 65.6 Å². The van der Waals surface area contributed by atoms with E-state index in [1.54, 1.807) is 0 Å². The van der Waals surface area contributed by atoms with Crippen LogP contribution in [0.5, 0.6) is 0 Å². The predicted octanol–water partition coefficient (Wildman–Crippen LogP) is 3.21. The van der Waals surface area contributed by atoms with Crippen molar-refractivity contribution in [3.8, 4) is 0 Å². The lowest BCUT2D eigenvalue weighted by atomic mass is 10.1. The van der Waals surface area contributed by atoms with Crippen molar-refractivity contribution in [2.45, 2.75) is 19.9 Å². The zero-order valence-electron chi connectivity index (χ0n) is 11.6. The van der Waals surface area contributed by atoms with Gasteiger partial charge in [0.05, 0.1) is 17.9 Å². The van der Waals surface area contributed by atoms with Crippen LogP contribution in [-0.2, 0) is 13.0 Å². The van der Waals surface area contributed by atoms with Crippen molar-refractivity contribution in [2.75, 3.05) is 11.4 Å². The summed E-state index contributed by atoms with van der Waals surface area (Å²) in [6.45, 7) is 4.10. The van der Waals surface area contributed by atoms with Crippen molar-refractivity contribution in [3.63, 3.8) is 0 Å². The van der Waals surface area contributed by atoms with Crippen molar-refractivity contribution in [1.29, 1.82) is 0 Å². The van der Waals surface area contributed by atoms with Gasteiger partial charge in [-0.05, 0) is 30.7 Å². The third-order valence-electron chi connectivity index (χ3n) is 4.03. The average Bonchev–Trinajstić information content (AvgIpc) is 2.85. The number of aryl methyl sites for hydroxylation is 1. The van der Waals surface area contributed by atoms with Crippen LogP contribution in [0.3, 0.4) is 0 Å². The highest BCUT2D eigenvalue weighted by Gasteiger charge is 2.21. The summed E-state index contributed by atoms with van der Waals surface area (Å²) >= 11 is 0. The topological polar surface area (TPSA) is 20.5 Å². The molecule has 100 valence electrons. The second kappa shape index (κ2) is 4.37. The molecule has 1 aromatic carbocycles. The molecule has 20 heavy (non-hydrogen) atoms. The molecule has 0 atom stereocenters. The van der Waals surface area contributed by atoms with E-state index in [-0.39, 0.29) is 0 Å². The van der Waals surface area contributed by atoms with Gasteiger partial charge in [-0.15, -0.1) is 0 Å². The maximum Gasteiger partial charge on any atom is 0.137 e. The Bertz CT molecular complexity index is 759. The summed E-state index contributed by atoms with van der Waals surface area (Å²) in [5, 5.41) is 0. The number of aromatic nitrogens is 2. The highest BCUT2D eigenvalue weighted by Crippen LogP contribution is 2.25. The molecule has 0 radical (unpaired) electrons. The minimum Gasteiger partial charge on any atom is -0.365 e. The Morgan fingerprint density at radius 3 is 2.75 bits per heavy atom. The van der Waals surface area contributed by atoms with Gasteiger partial charge in [0.2, 0.25) is 0 Å². The number of hydrogen-bond acceptors (Lipinski definition) is 2. The van der Waals surface area contributed by atoms with E-state index in [2.05, 4.69) is 64.9 Å². The van der Waals surface area contributed by atoms with E-state index in [1.807, 2.05) is 0 Å². The molecule has 0 spiro atoms. The van der Waals surface area contributed by atoms with Crippen molar-refractivity contribution in [2.24, 2.45) is 0 Å². The van der Waals surface area contributed by atoms with Gasteiger partial charge in [-0.3, -0.25) is 0 Å². The van der Waals surface area contributed by atoms with Crippen LogP contribution in [0, 0.1) is 6.92 Å². The summed E-state index contributed by atoms with van der Waals surface area (Å²) in [4.78, 5) is 7.19. The standard InChI is InChI=1S/C17H17N3/c1-13-7-8-17-18-15-9-10-19(12-16(15)20(17)11-13)14-5-3-2-4-6-14/h2-8,11H,9-10,12H2,1H3. The summed E-state index contributed by atoms with van der Waals surface area (Å²) in [5.41, 5.74) is 6.22. The zero-order chi connectivity index (χ0) is 13.5. The molecule has 4 rings (SSSR count). The fourth-order valence-corrected chi connectivity index (χ4v) is 2.98. The molecule has 0 amide bonds. The molecular weight excluding hydrogens is 246 g/mol. The van der Waals surface area contributed by atoms with Gasteiger partial charge in [-0.25, -0.2) is 4.98 Å². The number of para-hydroxylation sites is 1. The van der Waals surface area contributed by atoms with E-state index in [1.165, 1.54) is 22.6 Å². The van der Waals surface area contributed by atoms with Gasteiger partial charge >= 0.3 is 0 Å². The Morgan fingerprint density at radius 2 is 1.90 bits per heavy atom. The molecule has 0 N–H and O–H groups in total. The quantitative estimate of drug-likeness (QED) is 0.672. The van der Waals surface area contributed by atoms with E-state index in [0.717, 1.165) is 25.2 Å². The summed E-state index contributed by atoms with van der Waals surface area (Å²) < 4.78 is 2.25. The fraction of sp³-hybridized carbons (Fsp3) is 0.235. The van der Waals surface area contributed by atoms with Crippen molar-refractivity contribution in [1.82, 2.24) is 9.38 Å². The van der Waals surface area contributed by atoms with Crippen molar-refractivity contribution < 1.29 is 0 Å². The molecule has 3 nitrogen and oxygen atoms in total. The molecule has 0 bridgehead atoms. The SMILES string of the molecule is Cc1ccc2nc3c(n2c1)CN(c1ccccc1)CC3. The van der Waals surface area contributed by atoms with E-state index >= 15 is 0 Å². The van der Waals surface area contributed by atoms with Crippen LogP contribution in [0.15, 0.2) is 48.7 Å². The van der Waals surface area contributed by atoms with E-state index in [4.69, 9.17) is 4.98 Å². The van der Waals surface area contributed by atoms with E-state index < -0.39 is 0 Å². The molecule has 0 saturated heterocycles. The average molecular weight is 263 g/mol.